The second-order valence-electron chi connectivity index (χ2n) is 6.49. The summed E-state index contributed by atoms with van der Waals surface area (Å²) in [5.74, 6) is 1.04. The van der Waals surface area contributed by atoms with Crippen molar-refractivity contribution >= 4 is 17.7 Å². The predicted molar refractivity (Wildman–Crippen MR) is 108 cm³/mol. The lowest BCUT2D eigenvalue weighted by Crippen LogP contribution is -2.40. The van der Waals surface area contributed by atoms with E-state index in [2.05, 4.69) is 5.32 Å². The van der Waals surface area contributed by atoms with Gasteiger partial charge >= 0.3 is 5.69 Å². The highest BCUT2D eigenvalue weighted by atomic mass is 16.5. The molecule has 0 aliphatic carbocycles. The summed E-state index contributed by atoms with van der Waals surface area (Å²) in [5.41, 5.74) is -0.349. The quantitative estimate of drug-likeness (QED) is 0.734. The van der Waals surface area contributed by atoms with Crippen LogP contribution in [0.3, 0.4) is 0 Å². The Morgan fingerprint density at radius 2 is 1.66 bits per heavy atom. The van der Waals surface area contributed by atoms with E-state index in [9.17, 15) is 14.4 Å². The van der Waals surface area contributed by atoms with Crippen molar-refractivity contribution in [2.24, 2.45) is 7.05 Å². The molecular formula is C20H23N3O6. The minimum Gasteiger partial charge on any atom is -0.493 e. The topological polar surface area (TPSA) is 101 Å². The summed E-state index contributed by atoms with van der Waals surface area (Å²) >= 11 is 0. The molecule has 3 rings (SSSR count). The Balaban J connectivity index is 2.15. The zero-order chi connectivity index (χ0) is 21.3. The van der Waals surface area contributed by atoms with E-state index >= 15 is 0 Å². The average molecular weight is 401 g/mol. The fourth-order valence-electron chi connectivity index (χ4n) is 3.31. The van der Waals surface area contributed by atoms with Crippen molar-refractivity contribution in [3.63, 3.8) is 0 Å². The normalized spacial score (nSPS) is 14.0. The van der Waals surface area contributed by atoms with Gasteiger partial charge in [0.15, 0.2) is 11.5 Å². The molecule has 0 atom stereocenters. The fraction of sp³-hybridized carbons (Fsp3) is 0.350. The van der Waals surface area contributed by atoms with Crippen LogP contribution in [0.5, 0.6) is 17.2 Å². The maximum atomic E-state index is 12.9. The van der Waals surface area contributed by atoms with Crippen LogP contribution in [-0.4, -0.2) is 36.2 Å². The number of hydrogen-bond donors (Lipinski definition) is 1. The molecule has 9 nitrogen and oxygen atoms in total. The lowest BCUT2D eigenvalue weighted by molar-refractivity contribution is 0.104. The van der Waals surface area contributed by atoms with Gasteiger partial charge in [0.1, 0.15) is 11.4 Å². The van der Waals surface area contributed by atoms with Crippen LogP contribution in [0, 0.1) is 0 Å². The van der Waals surface area contributed by atoms with E-state index in [-0.39, 0.29) is 17.1 Å². The lowest BCUT2D eigenvalue weighted by atomic mass is 10.1. The van der Waals surface area contributed by atoms with Crippen LogP contribution >= 0.6 is 0 Å². The molecule has 154 valence electrons. The number of fused-ring (bicyclic) bond motifs is 1. The number of ether oxygens (including phenoxy) is 3. The van der Waals surface area contributed by atoms with Crippen LogP contribution < -0.4 is 30.8 Å². The third-order valence-electron chi connectivity index (χ3n) is 4.71. The highest BCUT2D eigenvalue weighted by Crippen LogP contribution is 2.39. The average Bonchev–Trinajstić information content (AvgIpc) is 3.04. The molecule has 9 heteroatoms. The number of ketones is 1. The zero-order valence-electron chi connectivity index (χ0n) is 17.0. The van der Waals surface area contributed by atoms with Gasteiger partial charge in [-0.1, -0.05) is 6.92 Å². The maximum Gasteiger partial charge on any atom is 0.332 e. The molecule has 1 aliphatic rings. The molecule has 0 bridgehead atoms. The van der Waals surface area contributed by atoms with E-state index in [1.54, 1.807) is 18.2 Å². The van der Waals surface area contributed by atoms with Gasteiger partial charge in [-0.25, -0.2) is 4.79 Å². The molecule has 0 spiro atoms. The van der Waals surface area contributed by atoms with Crippen molar-refractivity contribution in [1.82, 2.24) is 9.13 Å². The fourth-order valence-corrected chi connectivity index (χ4v) is 3.31. The summed E-state index contributed by atoms with van der Waals surface area (Å²) in [5, 5.41) is 2.95. The third-order valence-corrected chi connectivity index (χ3v) is 4.71. The molecule has 0 saturated carbocycles. The largest absolute Gasteiger partial charge is 0.493 e. The maximum absolute atomic E-state index is 12.9. The van der Waals surface area contributed by atoms with Gasteiger partial charge in [0.05, 0.1) is 27.0 Å². The molecule has 1 aromatic heterocycles. The number of carbonyl (C=O) groups is 1. The molecule has 2 aromatic rings. The predicted octanol–water partition coefficient (Wildman–Crippen LogP) is 1.63. The first kappa shape index (κ1) is 20.2. The van der Waals surface area contributed by atoms with Crippen LogP contribution in [0.25, 0.3) is 6.08 Å². The Hall–Kier alpha value is -3.49. The molecule has 1 aliphatic heterocycles. The van der Waals surface area contributed by atoms with Crippen LogP contribution in [0.1, 0.15) is 29.3 Å². The second kappa shape index (κ2) is 7.86. The van der Waals surface area contributed by atoms with Crippen molar-refractivity contribution < 1.29 is 19.0 Å². The Bertz CT molecular complexity index is 1100. The lowest BCUT2D eigenvalue weighted by Gasteiger charge is -2.13. The third kappa shape index (κ3) is 3.28. The number of Topliss-reactive ketones (excluding diaryl/α,β-unsaturated/α-hetero) is 1. The van der Waals surface area contributed by atoms with Gasteiger partial charge in [0.25, 0.3) is 5.56 Å². The van der Waals surface area contributed by atoms with Crippen LogP contribution in [0.4, 0.5) is 5.82 Å². The first-order valence-electron chi connectivity index (χ1n) is 9.05. The van der Waals surface area contributed by atoms with Crippen molar-refractivity contribution in [3.8, 4) is 17.2 Å². The number of methoxy groups -OCH3 is 3. The summed E-state index contributed by atoms with van der Waals surface area (Å²) in [7, 11) is 5.86. The number of nitrogens with zero attached hydrogens (tertiary/aromatic N) is 2. The van der Waals surface area contributed by atoms with Crippen molar-refractivity contribution in [3.05, 3.63) is 49.8 Å². The second-order valence-corrected chi connectivity index (χ2v) is 6.49. The van der Waals surface area contributed by atoms with E-state index in [0.717, 1.165) is 4.57 Å². The van der Waals surface area contributed by atoms with Gasteiger partial charge in [-0.2, -0.15) is 0 Å². The number of anilines is 1. The van der Waals surface area contributed by atoms with Gasteiger partial charge in [-0.05, 0) is 30.2 Å². The van der Waals surface area contributed by atoms with Gasteiger partial charge in [0, 0.05) is 13.6 Å². The molecule has 1 aromatic carbocycles. The van der Waals surface area contributed by atoms with E-state index in [0.29, 0.717) is 35.8 Å². The Kier molecular flexibility index (Phi) is 5.49. The Morgan fingerprint density at radius 3 is 2.17 bits per heavy atom. The number of rotatable bonds is 6. The minimum absolute atomic E-state index is 0.0424. The van der Waals surface area contributed by atoms with Crippen LogP contribution in [0.15, 0.2) is 27.4 Å². The van der Waals surface area contributed by atoms with Crippen molar-refractivity contribution in [2.75, 3.05) is 26.6 Å². The molecule has 1 N–H and O–H groups in total. The standard InChI is InChI=1S/C20H23N3O6/c1-6-7-23-18-15(19(25)22(2)20(23)26)16(24)12(21-18)8-11-9-13(27-3)17(29-5)14(10-11)28-4/h8-10,21H,6-7H2,1-5H3. The number of aromatic nitrogens is 2. The first-order chi connectivity index (χ1) is 13.9. The van der Waals surface area contributed by atoms with E-state index in [4.69, 9.17) is 14.2 Å². The summed E-state index contributed by atoms with van der Waals surface area (Å²) in [6.07, 6.45) is 2.25. The molecule has 0 unspecified atom stereocenters. The van der Waals surface area contributed by atoms with Crippen molar-refractivity contribution in [1.29, 1.82) is 0 Å². The number of carbonyl (C=O) groups excluding carboxylic acids is 1. The molecule has 2 heterocycles. The van der Waals surface area contributed by atoms with Gasteiger partial charge < -0.3 is 19.5 Å². The van der Waals surface area contributed by atoms with Crippen LogP contribution in [-0.2, 0) is 13.6 Å². The molecule has 0 fully saturated rings. The molecule has 0 amide bonds. The number of benzene rings is 1. The number of hydrogen-bond acceptors (Lipinski definition) is 7. The highest BCUT2D eigenvalue weighted by Gasteiger charge is 2.32. The zero-order valence-corrected chi connectivity index (χ0v) is 17.0. The monoisotopic (exact) mass is 401 g/mol. The van der Waals surface area contributed by atoms with Gasteiger partial charge in [-0.15, -0.1) is 0 Å². The summed E-state index contributed by atoms with van der Waals surface area (Å²) in [6.45, 7) is 2.29. The SMILES string of the molecule is CCCn1c2c(c(=O)n(C)c1=O)C(=O)C(=Cc1cc(OC)c(OC)c(OC)c1)N2. The van der Waals surface area contributed by atoms with Gasteiger partial charge in [-0.3, -0.25) is 18.7 Å². The molecule has 0 saturated heterocycles. The van der Waals surface area contributed by atoms with Gasteiger partial charge in [0.2, 0.25) is 11.5 Å². The molecular weight excluding hydrogens is 378 g/mol. The Morgan fingerprint density at radius 1 is 1.03 bits per heavy atom. The molecule has 29 heavy (non-hydrogen) atoms. The number of nitrogens with one attached hydrogen (secondary N) is 1. The summed E-state index contributed by atoms with van der Waals surface area (Å²) in [6, 6.07) is 3.37. The summed E-state index contributed by atoms with van der Waals surface area (Å²) in [4.78, 5) is 37.9. The first-order valence-corrected chi connectivity index (χ1v) is 9.05. The van der Waals surface area contributed by atoms with E-state index in [1.165, 1.54) is 32.9 Å². The van der Waals surface area contributed by atoms with Crippen LogP contribution in [0.2, 0.25) is 0 Å². The number of allylic oxidation sites excluding steroid dienone is 1. The Labute approximate surface area is 167 Å². The smallest absolute Gasteiger partial charge is 0.332 e. The summed E-state index contributed by atoms with van der Waals surface area (Å²) < 4.78 is 18.3. The van der Waals surface area contributed by atoms with E-state index in [1.807, 2.05) is 6.92 Å². The van der Waals surface area contributed by atoms with E-state index < -0.39 is 17.0 Å². The minimum atomic E-state index is -0.622. The molecule has 0 radical (unpaired) electrons. The van der Waals surface area contributed by atoms with Crippen molar-refractivity contribution in [2.45, 2.75) is 19.9 Å². The highest BCUT2D eigenvalue weighted by molar-refractivity contribution is 6.19.